The Kier molecular flexibility index (Phi) is 4.45. The van der Waals surface area contributed by atoms with Gasteiger partial charge in [0.05, 0.1) is 17.6 Å². The average Bonchev–Trinajstić information content (AvgIpc) is 3.34. The molecule has 2 atom stereocenters. The fourth-order valence-electron chi connectivity index (χ4n) is 3.46. The van der Waals surface area contributed by atoms with E-state index >= 15 is 0 Å². The Hall–Kier alpha value is -1.98. The van der Waals surface area contributed by atoms with E-state index in [4.69, 9.17) is 4.42 Å². The number of oxazole rings is 1. The lowest BCUT2D eigenvalue weighted by Gasteiger charge is -2.20. The molecule has 24 heavy (non-hydrogen) atoms. The highest BCUT2D eigenvalue weighted by Gasteiger charge is 2.28. The van der Waals surface area contributed by atoms with Crippen LogP contribution >= 0.6 is 11.3 Å². The molecule has 2 aromatic heterocycles. The lowest BCUT2D eigenvalue weighted by molar-refractivity contribution is 0.421. The van der Waals surface area contributed by atoms with Gasteiger partial charge < -0.3 is 9.73 Å². The predicted octanol–water partition coefficient (Wildman–Crippen LogP) is 4.97. The second-order valence-electron chi connectivity index (χ2n) is 6.17. The summed E-state index contributed by atoms with van der Waals surface area (Å²) in [5, 5.41) is 5.60. The van der Waals surface area contributed by atoms with Crippen molar-refractivity contribution >= 4 is 11.3 Å². The first-order chi connectivity index (χ1) is 11.8. The number of nitrogens with one attached hydrogen (secondary N) is 1. The number of nitrogens with zero attached hydrogens (tertiary/aromatic N) is 1. The number of halogens is 1. The minimum absolute atomic E-state index is 0.179. The fourth-order valence-corrected chi connectivity index (χ4v) is 4.13. The molecule has 3 nitrogen and oxygen atoms in total. The second kappa shape index (κ2) is 6.87. The van der Waals surface area contributed by atoms with Gasteiger partial charge in [-0.25, -0.2) is 9.37 Å². The Balaban J connectivity index is 1.40. The van der Waals surface area contributed by atoms with Crippen molar-refractivity contribution in [3.8, 4) is 10.6 Å². The molecule has 0 radical (unpaired) electrons. The van der Waals surface area contributed by atoms with Crippen molar-refractivity contribution < 1.29 is 8.81 Å². The van der Waals surface area contributed by atoms with Crippen LogP contribution in [0.5, 0.6) is 0 Å². The molecule has 4 rings (SSSR count). The Morgan fingerprint density at radius 2 is 2.08 bits per heavy atom. The predicted molar refractivity (Wildman–Crippen MR) is 93.4 cm³/mol. The third-order valence-electron chi connectivity index (χ3n) is 4.65. The Morgan fingerprint density at radius 3 is 2.88 bits per heavy atom. The van der Waals surface area contributed by atoms with Crippen LogP contribution in [-0.2, 0) is 6.54 Å². The zero-order valence-corrected chi connectivity index (χ0v) is 14.1. The topological polar surface area (TPSA) is 38.1 Å². The molecule has 0 bridgehead atoms. The van der Waals surface area contributed by atoms with Gasteiger partial charge in [0, 0.05) is 6.04 Å². The van der Waals surface area contributed by atoms with Crippen molar-refractivity contribution in [2.75, 3.05) is 0 Å². The van der Waals surface area contributed by atoms with Gasteiger partial charge in [-0.05, 0) is 47.9 Å². The van der Waals surface area contributed by atoms with Crippen LogP contribution < -0.4 is 5.32 Å². The van der Waals surface area contributed by atoms with Gasteiger partial charge >= 0.3 is 0 Å². The first-order valence-electron chi connectivity index (χ1n) is 8.27. The molecule has 5 heteroatoms. The number of rotatable bonds is 5. The highest BCUT2D eigenvalue weighted by molar-refractivity contribution is 7.13. The zero-order chi connectivity index (χ0) is 16.4. The minimum atomic E-state index is -0.179. The van der Waals surface area contributed by atoms with Gasteiger partial charge in [0.15, 0.2) is 5.76 Å². The van der Waals surface area contributed by atoms with Crippen LogP contribution in [-0.4, -0.2) is 11.0 Å². The smallest absolute Gasteiger partial charge is 0.208 e. The van der Waals surface area contributed by atoms with Crippen LogP contribution in [0.2, 0.25) is 0 Å². The summed E-state index contributed by atoms with van der Waals surface area (Å²) >= 11 is 1.65. The van der Waals surface area contributed by atoms with E-state index in [9.17, 15) is 4.39 Å². The number of aromatic nitrogens is 1. The van der Waals surface area contributed by atoms with Gasteiger partial charge in [-0.2, -0.15) is 0 Å². The number of benzene rings is 1. The summed E-state index contributed by atoms with van der Waals surface area (Å²) in [7, 11) is 0. The normalized spacial score (nSPS) is 20.5. The van der Waals surface area contributed by atoms with Crippen molar-refractivity contribution in [1.82, 2.24) is 10.3 Å². The molecular weight excluding hydrogens is 323 g/mol. The van der Waals surface area contributed by atoms with Gasteiger partial charge in [0.2, 0.25) is 5.89 Å². The minimum Gasteiger partial charge on any atom is -0.438 e. The van der Waals surface area contributed by atoms with Crippen molar-refractivity contribution in [2.24, 2.45) is 0 Å². The average molecular weight is 342 g/mol. The summed E-state index contributed by atoms with van der Waals surface area (Å²) in [5.41, 5.74) is 1.21. The molecule has 2 heterocycles. The number of hydrogen-bond donors (Lipinski definition) is 1. The summed E-state index contributed by atoms with van der Waals surface area (Å²) in [5.74, 6) is 1.78. The molecule has 1 aromatic carbocycles. The lowest BCUT2D eigenvalue weighted by Crippen LogP contribution is -2.30. The van der Waals surface area contributed by atoms with Gasteiger partial charge in [-0.1, -0.05) is 24.6 Å². The van der Waals surface area contributed by atoms with Gasteiger partial charge in [-0.15, -0.1) is 11.3 Å². The molecule has 1 N–H and O–H groups in total. The highest BCUT2D eigenvalue weighted by Crippen LogP contribution is 2.35. The summed E-state index contributed by atoms with van der Waals surface area (Å²) in [4.78, 5) is 5.47. The Bertz CT molecular complexity index is 782. The van der Waals surface area contributed by atoms with E-state index in [1.54, 1.807) is 29.7 Å². The molecule has 1 fully saturated rings. The van der Waals surface area contributed by atoms with E-state index in [0.717, 1.165) is 23.5 Å². The fraction of sp³-hybridized carbons (Fsp3) is 0.316. The molecule has 124 valence electrons. The van der Waals surface area contributed by atoms with Crippen LogP contribution in [0.15, 0.2) is 52.4 Å². The maximum absolute atomic E-state index is 13.1. The summed E-state index contributed by atoms with van der Waals surface area (Å²) in [6.45, 7) is 0.619. The van der Waals surface area contributed by atoms with Crippen LogP contribution in [0.3, 0.4) is 0 Å². The lowest BCUT2D eigenvalue weighted by atomic mass is 9.94. The Morgan fingerprint density at radius 1 is 1.21 bits per heavy atom. The van der Waals surface area contributed by atoms with Crippen LogP contribution in [0.25, 0.3) is 10.6 Å². The molecule has 2 unspecified atom stereocenters. The van der Waals surface area contributed by atoms with E-state index in [1.807, 2.05) is 29.6 Å². The summed E-state index contributed by atoms with van der Waals surface area (Å²) < 4.78 is 19.0. The third-order valence-corrected chi connectivity index (χ3v) is 5.53. The van der Waals surface area contributed by atoms with Gasteiger partial charge in [0.25, 0.3) is 0 Å². The van der Waals surface area contributed by atoms with E-state index in [0.29, 0.717) is 24.4 Å². The zero-order valence-electron chi connectivity index (χ0n) is 13.2. The molecule has 1 saturated carbocycles. The van der Waals surface area contributed by atoms with Crippen LogP contribution in [0.1, 0.15) is 36.6 Å². The monoisotopic (exact) mass is 342 g/mol. The molecule has 0 aliphatic heterocycles. The molecule has 0 amide bonds. The molecule has 1 aliphatic carbocycles. The van der Waals surface area contributed by atoms with Crippen molar-refractivity contribution in [3.05, 3.63) is 65.2 Å². The SMILES string of the molecule is Fc1ccc(C2CCCC2NCc2ncc(-c3cccs3)o2)cc1. The first-order valence-corrected chi connectivity index (χ1v) is 9.15. The van der Waals surface area contributed by atoms with Crippen LogP contribution in [0.4, 0.5) is 4.39 Å². The van der Waals surface area contributed by atoms with Crippen molar-refractivity contribution in [1.29, 1.82) is 0 Å². The van der Waals surface area contributed by atoms with E-state index in [-0.39, 0.29) is 5.82 Å². The Labute approximate surface area is 144 Å². The van der Waals surface area contributed by atoms with Crippen LogP contribution in [0, 0.1) is 5.82 Å². The number of thiophene rings is 1. The standard InChI is InChI=1S/C19H19FN2OS/c20-14-8-6-13(7-9-14)15-3-1-4-16(15)21-12-19-22-11-17(23-19)18-5-2-10-24-18/h2,5-11,15-16,21H,1,3-4,12H2. The van der Waals surface area contributed by atoms with E-state index in [2.05, 4.69) is 10.3 Å². The highest BCUT2D eigenvalue weighted by atomic mass is 32.1. The van der Waals surface area contributed by atoms with E-state index < -0.39 is 0 Å². The second-order valence-corrected chi connectivity index (χ2v) is 7.12. The summed E-state index contributed by atoms with van der Waals surface area (Å²) in [6, 6.07) is 11.3. The van der Waals surface area contributed by atoms with E-state index in [1.165, 1.54) is 12.0 Å². The summed E-state index contributed by atoms with van der Waals surface area (Å²) in [6.07, 6.45) is 5.23. The largest absolute Gasteiger partial charge is 0.438 e. The number of hydrogen-bond acceptors (Lipinski definition) is 4. The quantitative estimate of drug-likeness (QED) is 0.711. The van der Waals surface area contributed by atoms with Crippen molar-refractivity contribution in [2.45, 2.75) is 37.8 Å². The molecule has 0 spiro atoms. The molecule has 1 aliphatic rings. The third kappa shape index (κ3) is 3.28. The van der Waals surface area contributed by atoms with Gasteiger partial charge in [0.1, 0.15) is 5.82 Å². The maximum atomic E-state index is 13.1. The van der Waals surface area contributed by atoms with Gasteiger partial charge in [-0.3, -0.25) is 0 Å². The van der Waals surface area contributed by atoms with Crippen molar-refractivity contribution in [3.63, 3.8) is 0 Å². The maximum Gasteiger partial charge on any atom is 0.208 e. The first kappa shape index (κ1) is 15.5. The molecule has 0 saturated heterocycles. The molecular formula is C19H19FN2OS. The molecule has 3 aromatic rings.